The van der Waals surface area contributed by atoms with Crippen molar-refractivity contribution in [2.75, 3.05) is 11.4 Å². The fraction of sp³-hybridized carbons (Fsp3) is 0.526. The molecule has 6 heteroatoms. The van der Waals surface area contributed by atoms with E-state index < -0.39 is 0 Å². The number of hydrogen-bond donors (Lipinski definition) is 0. The molecule has 0 saturated heterocycles. The second-order valence-corrected chi connectivity index (χ2v) is 6.55. The summed E-state index contributed by atoms with van der Waals surface area (Å²) in [4.78, 5) is 27.2. The van der Waals surface area contributed by atoms with Crippen LogP contribution in [0.4, 0.5) is 5.69 Å². The molecule has 0 saturated carbocycles. The smallest absolute Gasteiger partial charge is 0.311 e. The predicted molar refractivity (Wildman–Crippen MR) is 97.7 cm³/mol. The minimum absolute atomic E-state index is 0.00254. The van der Waals surface area contributed by atoms with Crippen LogP contribution >= 0.6 is 0 Å². The van der Waals surface area contributed by atoms with E-state index in [2.05, 4.69) is 12.0 Å². The number of para-hydroxylation sites is 1. The topological polar surface area (TPSA) is 60.1 Å². The number of fused-ring (bicyclic) bond motifs is 1. The summed E-state index contributed by atoms with van der Waals surface area (Å²) in [6.07, 6.45) is 5.93. The molecule has 0 N–H and O–H groups in total. The molecule has 134 valence electrons. The standard InChI is InChI=1S/C19H26N4O2/c1-2-3-13-21(16-10-6-4-7-11-16)18(24)15-23-19(25)22-14-9-5-8-12-17(22)20-23/h4,6-7,10-11H,2-3,5,8-9,12-15H2,1H3. The van der Waals surface area contributed by atoms with Crippen LogP contribution in [0.25, 0.3) is 0 Å². The molecule has 0 spiro atoms. The van der Waals surface area contributed by atoms with E-state index in [9.17, 15) is 9.59 Å². The molecule has 1 aliphatic heterocycles. The molecule has 2 aromatic rings. The van der Waals surface area contributed by atoms with Gasteiger partial charge in [-0.1, -0.05) is 38.0 Å². The van der Waals surface area contributed by atoms with Gasteiger partial charge >= 0.3 is 5.69 Å². The molecular weight excluding hydrogens is 316 g/mol. The van der Waals surface area contributed by atoms with Gasteiger partial charge in [0, 0.05) is 25.2 Å². The minimum atomic E-state index is -0.159. The van der Waals surface area contributed by atoms with Crippen molar-refractivity contribution in [3.05, 3.63) is 46.6 Å². The fourth-order valence-corrected chi connectivity index (χ4v) is 3.26. The Balaban J connectivity index is 1.81. The van der Waals surface area contributed by atoms with E-state index in [1.807, 2.05) is 30.3 Å². The lowest BCUT2D eigenvalue weighted by molar-refractivity contribution is -0.119. The number of aromatic nitrogens is 3. The van der Waals surface area contributed by atoms with Crippen LogP contribution in [-0.4, -0.2) is 26.8 Å². The molecule has 6 nitrogen and oxygen atoms in total. The lowest BCUT2D eigenvalue weighted by Crippen LogP contribution is -2.38. The van der Waals surface area contributed by atoms with Crippen molar-refractivity contribution < 1.29 is 4.79 Å². The summed E-state index contributed by atoms with van der Waals surface area (Å²) < 4.78 is 3.07. The van der Waals surface area contributed by atoms with Gasteiger partial charge in [-0.05, 0) is 31.4 Å². The Labute approximate surface area is 148 Å². The predicted octanol–water partition coefficient (Wildman–Crippen LogP) is 2.60. The number of nitrogens with zero attached hydrogens (tertiary/aromatic N) is 4. The van der Waals surface area contributed by atoms with Crippen LogP contribution in [0.5, 0.6) is 0 Å². The van der Waals surface area contributed by atoms with Gasteiger partial charge in [0.25, 0.3) is 0 Å². The summed E-state index contributed by atoms with van der Waals surface area (Å²) in [6, 6.07) is 9.64. The second kappa shape index (κ2) is 8.14. The van der Waals surface area contributed by atoms with Crippen molar-refractivity contribution in [2.45, 2.75) is 58.5 Å². The van der Waals surface area contributed by atoms with Gasteiger partial charge in [0.2, 0.25) is 5.91 Å². The first-order chi connectivity index (χ1) is 12.2. The Bertz CT molecular complexity index is 763. The van der Waals surface area contributed by atoms with Crippen LogP contribution in [0.1, 0.15) is 44.9 Å². The maximum absolute atomic E-state index is 12.9. The Morgan fingerprint density at radius 1 is 1.20 bits per heavy atom. The number of rotatable bonds is 6. The summed E-state index contributed by atoms with van der Waals surface area (Å²) in [7, 11) is 0. The van der Waals surface area contributed by atoms with Gasteiger partial charge in [0.15, 0.2) is 0 Å². The average molecular weight is 342 g/mol. The molecule has 1 amide bonds. The summed E-state index contributed by atoms with van der Waals surface area (Å²) >= 11 is 0. The highest BCUT2D eigenvalue weighted by atomic mass is 16.2. The number of benzene rings is 1. The number of unbranched alkanes of at least 4 members (excludes halogenated alkanes) is 1. The van der Waals surface area contributed by atoms with Crippen LogP contribution < -0.4 is 10.6 Å². The molecule has 0 radical (unpaired) electrons. The summed E-state index contributed by atoms with van der Waals surface area (Å²) in [6.45, 7) is 3.46. The highest BCUT2D eigenvalue weighted by molar-refractivity contribution is 5.93. The van der Waals surface area contributed by atoms with Crippen molar-refractivity contribution in [3.63, 3.8) is 0 Å². The first kappa shape index (κ1) is 17.5. The molecule has 25 heavy (non-hydrogen) atoms. The number of aryl methyl sites for hydroxylation is 1. The van der Waals surface area contributed by atoms with E-state index in [-0.39, 0.29) is 18.1 Å². The third kappa shape index (κ3) is 4.00. The third-order valence-corrected chi connectivity index (χ3v) is 4.67. The number of anilines is 1. The number of amides is 1. The van der Waals surface area contributed by atoms with E-state index in [4.69, 9.17) is 0 Å². The van der Waals surface area contributed by atoms with Gasteiger partial charge in [-0.3, -0.25) is 9.36 Å². The number of carbonyl (C=O) groups is 1. The summed E-state index contributed by atoms with van der Waals surface area (Å²) in [5.41, 5.74) is 0.712. The van der Waals surface area contributed by atoms with Crippen molar-refractivity contribution in [3.8, 4) is 0 Å². The monoisotopic (exact) mass is 342 g/mol. The van der Waals surface area contributed by atoms with Gasteiger partial charge in [0.05, 0.1) is 0 Å². The largest absolute Gasteiger partial charge is 0.346 e. The zero-order valence-electron chi connectivity index (χ0n) is 14.9. The highest BCUT2D eigenvalue weighted by Crippen LogP contribution is 2.15. The second-order valence-electron chi connectivity index (χ2n) is 6.55. The fourth-order valence-electron chi connectivity index (χ4n) is 3.26. The van der Waals surface area contributed by atoms with E-state index >= 15 is 0 Å². The molecule has 0 bridgehead atoms. The van der Waals surface area contributed by atoms with Crippen LogP contribution in [0, 0.1) is 0 Å². The molecule has 3 rings (SSSR count). The number of carbonyl (C=O) groups excluding carboxylic acids is 1. The van der Waals surface area contributed by atoms with E-state index in [0.717, 1.165) is 50.0 Å². The molecule has 1 aliphatic rings. The first-order valence-corrected chi connectivity index (χ1v) is 9.22. The normalized spacial score (nSPS) is 14.0. The van der Waals surface area contributed by atoms with Crippen LogP contribution in [0.15, 0.2) is 35.1 Å². The molecule has 2 heterocycles. The summed E-state index contributed by atoms with van der Waals surface area (Å²) in [5.74, 6) is 0.727. The van der Waals surface area contributed by atoms with E-state index in [0.29, 0.717) is 13.1 Å². The third-order valence-electron chi connectivity index (χ3n) is 4.67. The maximum atomic E-state index is 12.9. The zero-order chi connectivity index (χ0) is 17.6. The Morgan fingerprint density at radius 2 is 2.00 bits per heavy atom. The Morgan fingerprint density at radius 3 is 2.76 bits per heavy atom. The molecule has 0 aliphatic carbocycles. The van der Waals surface area contributed by atoms with Crippen LogP contribution in [0.2, 0.25) is 0 Å². The van der Waals surface area contributed by atoms with Gasteiger partial charge < -0.3 is 4.90 Å². The molecule has 0 atom stereocenters. The van der Waals surface area contributed by atoms with Crippen molar-refractivity contribution in [1.29, 1.82) is 0 Å². The molecule has 0 fully saturated rings. The van der Waals surface area contributed by atoms with Gasteiger partial charge in [0.1, 0.15) is 12.4 Å². The lowest BCUT2D eigenvalue weighted by atomic mass is 10.2. The Kier molecular flexibility index (Phi) is 5.68. The molecular formula is C19H26N4O2. The first-order valence-electron chi connectivity index (χ1n) is 9.22. The maximum Gasteiger partial charge on any atom is 0.346 e. The van der Waals surface area contributed by atoms with Gasteiger partial charge in [-0.25, -0.2) is 9.48 Å². The lowest BCUT2D eigenvalue weighted by Gasteiger charge is -2.22. The summed E-state index contributed by atoms with van der Waals surface area (Å²) in [5, 5.41) is 4.43. The SMILES string of the molecule is CCCCN(C(=O)Cn1nc2n(c1=O)CCCCC2)c1ccccc1. The molecule has 0 unspecified atom stereocenters. The number of hydrogen-bond acceptors (Lipinski definition) is 3. The van der Waals surface area contributed by atoms with Crippen molar-refractivity contribution >= 4 is 11.6 Å². The van der Waals surface area contributed by atoms with Gasteiger partial charge in [-0.15, -0.1) is 0 Å². The van der Waals surface area contributed by atoms with Crippen LogP contribution in [-0.2, 0) is 24.3 Å². The van der Waals surface area contributed by atoms with E-state index in [1.54, 1.807) is 9.47 Å². The molecule has 1 aromatic heterocycles. The Hall–Kier alpha value is -2.37. The zero-order valence-corrected chi connectivity index (χ0v) is 14.9. The van der Waals surface area contributed by atoms with Crippen molar-refractivity contribution in [1.82, 2.24) is 14.3 Å². The average Bonchev–Trinajstić information content (AvgIpc) is 2.79. The van der Waals surface area contributed by atoms with Crippen LogP contribution in [0.3, 0.4) is 0 Å². The van der Waals surface area contributed by atoms with Gasteiger partial charge in [-0.2, -0.15) is 5.10 Å². The minimum Gasteiger partial charge on any atom is -0.311 e. The highest BCUT2D eigenvalue weighted by Gasteiger charge is 2.20. The quantitative estimate of drug-likeness (QED) is 0.811. The van der Waals surface area contributed by atoms with E-state index in [1.165, 1.54) is 4.68 Å². The van der Waals surface area contributed by atoms with Crippen molar-refractivity contribution in [2.24, 2.45) is 0 Å². The molecule has 1 aromatic carbocycles.